The highest BCUT2D eigenvalue weighted by Crippen LogP contribution is 2.19. The van der Waals surface area contributed by atoms with Crippen LogP contribution in [0.25, 0.3) is 0 Å². The second-order valence-corrected chi connectivity index (χ2v) is 3.95. The monoisotopic (exact) mass is 245 g/mol. The van der Waals surface area contributed by atoms with Crippen molar-refractivity contribution in [2.24, 2.45) is 0 Å². The molecular formula is C14H15NO3. The van der Waals surface area contributed by atoms with E-state index in [2.05, 4.69) is 10.1 Å². The molecule has 0 aliphatic rings. The van der Waals surface area contributed by atoms with Crippen LogP contribution in [0.15, 0.2) is 47.1 Å². The minimum Gasteiger partial charge on any atom is -0.467 e. The molecule has 0 aliphatic heterocycles. The summed E-state index contributed by atoms with van der Waals surface area (Å²) in [6.07, 6.45) is 1.65. The predicted octanol–water partition coefficient (Wildman–Crippen LogP) is 3.24. The number of anilines is 1. The summed E-state index contributed by atoms with van der Waals surface area (Å²) in [6.45, 7) is 2.01. The molecule has 0 amide bonds. The van der Waals surface area contributed by atoms with Gasteiger partial charge in [-0.05, 0) is 43.3 Å². The Labute approximate surface area is 106 Å². The number of carbonyl (C=O) groups excluding carboxylic acids is 1. The fraction of sp³-hybridized carbons (Fsp3) is 0.214. The van der Waals surface area contributed by atoms with Gasteiger partial charge in [-0.3, -0.25) is 0 Å². The minimum absolute atomic E-state index is 0.0731. The van der Waals surface area contributed by atoms with Crippen LogP contribution in [0.3, 0.4) is 0 Å². The van der Waals surface area contributed by atoms with Crippen molar-refractivity contribution in [1.82, 2.24) is 0 Å². The van der Waals surface area contributed by atoms with Crippen molar-refractivity contribution in [1.29, 1.82) is 0 Å². The van der Waals surface area contributed by atoms with E-state index in [9.17, 15) is 4.79 Å². The Balaban J connectivity index is 2.04. The zero-order chi connectivity index (χ0) is 13.0. The van der Waals surface area contributed by atoms with E-state index in [-0.39, 0.29) is 12.0 Å². The predicted molar refractivity (Wildman–Crippen MR) is 68.5 cm³/mol. The number of ether oxygens (including phenoxy) is 1. The zero-order valence-electron chi connectivity index (χ0n) is 10.3. The lowest BCUT2D eigenvalue weighted by atomic mass is 10.2. The SMILES string of the molecule is COC(=O)c1ccc(NC(C)c2ccco2)cc1. The van der Waals surface area contributed by atoms with E-state index in [1.165, 1.54) is 7.11 Å². The molecule has 0 bridgehead atoms. The number of benzene rings is 1. The van der Waals surface area contributed by atoms with Gasteiger partial charge < -0.3 is 14.5 Å². The van der Waals surface area contributed by atoms with Gasteiger partial charge in [0.2, 0.25) is 0 Å². The van der Waals surface area contributed by atoms with E-state index < -0.39 is 0 Å². The first kappa shape index (κ1) is 12.2. The normalized spacial score (nSPS) is 11.9. The van der Waals surface area contributed by atoms with Gasteiger partial charge in [0.25, 0.3) is 0 Å². The number of nitrogens with one attached hydrogen (secondary N) is 1. The zero-order valence-corrected chi connectivity index (χ0v) is 10.3. The number of methoxy groups -OCH3 is 1. The van der Waals surface area contributed by atoms with Crippen LogP contribution < -0.4 is 5.32 Å². The third kappa shape index (κ3) is 2.71. The Morgan fingerprint density at radius 1 is 1.28 bits per heavy atom. The van der Waals surface area contributed by atoms with Gasteiger partial charge >= 0.3 is 5.97 Å². The topological polar surface area (TPSA) is 51.5 Å². The highest BCUT2D eigenvalue weighted by molar-refractivity contribution is 5.89. The third-order valence-electron chi connectivity index (χ3n) is 2.66. The second-order valence-electron chi connectivity index (χ2n) is 3.95. The van der Waals surface area contributed by atoms with Crippen LogP contribution >= 0.6 is 0 Å². The molecule has 1 atom stereocenters. The molecule has 0 fully saturated rings. The maximum Gasteiger partial charge on any atom is 0.337 e. The molecule has 2 aromatic rings. The Bertz CT molecular complexity index is 502. The number of hydrogen-bond acceptors (Lipinski definition) is 4. The van der Waals surface area contributed by atoms with Crippen molar-refractivity contribution in [3.05, 3.63) is 54.0 Å². The molecule has 2 rings (SSSR count). The molecule has 94 valence electrons. The van der Waals surface area contributed by atoms with Crippen LogP contribution in [0.4, 0.5) is 5.69 Å². The summed E-state index contributed by atoms with van der Waals surface area (Å²) in [5.41, 5.74) is 1.46. The maximum atomic E-state index is 11.3. The summed E-state index contributed by atoms with van der Waals surface area (Å²) in [4.78, 5) is 11.3. The van der Waals surface area contributed by atoms with Crippen LogP contribution in [0.1, 0.15) is 29.1 Å². The van der Waals surface area contributed by atoms with Crippen molar-refractivity contribution < 1.29 is 13.9 Å². The van der Waals surface area contributed by atoms with Crippen molar-refractivity contribution in [2.45, 2.75) is 13.0 Å². The van der Waals surface area contributed by atoms with Crippen molar-refractivity contribution in [3.63, 3.8) is 0 Å². The molecule has 0 radical (unpaired) electrons. The molecule has 1 aromatic carbocycles. The fourth-order valence-corrected chi connectivity index (χ4v) is 1.68. The van der Waals surface area contributed by atoms with E-state index >= 15 is 0 Å². The third-order valence-corrected chi connectivity index (χ3v) is 2.66. The van der Waals surface area contributed by atoms with Crippen LogP contribution in [0, 0.1) is 0 Å². The summed E-state index contributed by atoms with van der Waals surface area (Å²) in [6, 6.07) is 11.0. The number of hydrogen-bond donors (Lipinski definition) is 1. The van der Waals surface area contributed by atoms with Crippen LogP contribution in [0.5, 0.6) is 0 Å². The van der Waals surface area contributed by atoms with E-state index in [0.717, 1.165) is 11.4 Å². The molecule has 0 aliphatic carbocycles. The minimum atomic E-state index is -0.333. The highest BCUT2D eigenvalue weighted by atomic mass is 16.5. The molecule has 1 heterocycles. The Kier molecular flexibility index (Phi) is 3.67. The van der Waals surface area contributed by atoms with Crippen molar-refractivity contribution in [3.8, 4) is 0 Å². The summed E-state index contributed by atoms with van der Waals surface area (Å²) < 4.78 is 9.95. The van der Waals surface area contributed by atoms with Crippen LogP contribution in [-0.2, 0) is 4.74 Å². The van der Waals surface area contributed by atoms with Gasteiger partial charge in [0.15, 0.2) is 0 Å². The van der Waals surface area contributed by atoms with Crippen LogP contribution in [0.2, 0.25) is 0 Å². The second kappa shape index (κ2) is 5.40. The van der Waals surface area contributed by atoms with Crippen molar-refractivity contribution in [2.75, 3.05) is 12.4 Å². The van der Waals surface area contributed by atoms with Crippen LogP contribution in [-0.4, -0.2) is 13.1 Å². The summed E-state index contributed by atoms with van der Waals surface area (Å²) in [5, 5.41) is 3.28. The standard InChI is InChI=1S/C14H15NO3/c1-10(13-4-3-9-18-13)15-12-7-5-11(6-8-12)14(16)17-2/h3-10,15H,1-2H3. The molecule has 1 aromatic heterocycles. The maximum absolute atomic E-state index is 11.3. The van der Waals surface area contributed by atoms with Gasteiger partial charge in [-0.25, -0.2) is 4.79 Å². The van der Waals surface area contributed by atoms with Crippen molar-refractivity contribution >= 4 is 11.7 Å². The summed E-state index contributed by atoms with van der Waals surface area (Å²) in [5.74, 6) is 0.535. The van der Waals surface area contributed by atoms with Gasteiger partial charge in [-0.2, -0.15) is 0 Å². The largest absolute Gasteiger partial charge is 0.467 e. The van der Waals surface area contributed by atoms with Gasteiger partial charge in [0.05, 0.1) is 25.0 Å². The Hall–Kier alpha value is -2.23. The molecule has 1 N–H and O–H groups in total. The molecular weight excluding hydrogens is 230 g/mol. The molecule has 4 nitrogen and oxygen atoms in total. The first-order valence-corrected chi connectivity index (χ1v) is 5.69. The quantitative estimate of drug-likeness (QED) is 0.840. The highest BCUT2D eigenvalue weighted by Gasteiger charge is 2.09. The Morgan fingerprint density at radius 3 is 2.56 bits per heavy atom. The van der Waals surface area contributed by atoms with Gasteiger partial charge in [-0.1, -0.05) is 0 Å². The summed E-state index contributed by atoms with van der Waals surface area (Å²) >= 11 is 0. The lowest BCUT2D eigenvalue weighted by molar-refractivity contribution is 0.0601. The van der Waals surface area contributed by atoms with Gasteiger partial charge in [0, 0.05) is 5.69 Å². The lowest BCUT2D eigenvalue weighted by Crippen LogP contribution is -2.06. The van der Waals surface area contributed by atoms with Gasteiger partial charge in [0.1, 0.15) is 5.76 Å². The Morgan fingerprint density at radius 2 is 2.00 bits per heavy atom. The fourth-order valence-electron chi connectivity index (χ4n) is 1.68. The summed E-state index contributed by atoms with van der Waals surface area (Å²) in [7, 11) is 1.37. The van der Waals surface area contributed by atoms with E-state index in [1.54, 1.807) is 18.4 Å². The van der Waals surface area contributed by atoms with E-state index in [4.69, 9.17) is 4.42 Å². The smallest absolute Gasteiger partial charge is 0.337 e. The number of furan rings is 1. The molecule has 0 spiro atoms. The lowest BCUT2D eigenvalue weighted by Gasteiger charge is -2.13. The average Bonchev–Trinajstić information content (AvgIpc) is 2.92. The number of carbonyl (C=O) groups is 1. The van der Waals surface area contributed by atoms with Gasteiger partial charge in [-0.15, -0.1) is 0 Å². The van der Waals surface area contributed by atoms with E-state index in [0.29, 0.717) is 5.56 Å². The molecule has 18 heavy (non-hydrogen) atoms. The number of esters is 1. The molecule has 0 saturated heterocycles. The van der Waals surface area contributed by atoms with E-state index in [1.807, 2.05) is 31.2 Å². The molecule has 0 saturated carbocycles. The number of rotatable bonds is 4. The first-order chi connectivity index (χ1) is 8.70. The first-order valence-electron chi connectivity index (χ1n) is 5.69. The molecule has 1 unspecified atom stereocenters. The molecule has 4 heteroatoms. The average molecular weight is 245 g/mol.